The third-order valence-electron chi connectivity index (χ3n) is 6.26. The molecule has 2 aromatic carbocycles. The molecular formula is C31H37N3O10. The van der Waals surface area contributed by atoms with Gasteiger partial charge < -0.3 is 39.3 Å². The fraction of sp³-hybridized carbons (Fsp3) is 0.387. The van der Waals surface area contributed by atoms with E-state index < -0.39 is 48.5 Å². The third kappa shape index (κ3) is 10.6. The minimum atomic E-state index is -1.29. The van der Waals surface area contributed by atoms with Gasteiger partial charge in [-0.3, -0.25) is 4.79 Å². The van der Waals surface area contributed by atoms with Crippen LogP contribution in [0.5, 0.6) is 0 Å². The Morgan fingerprint density at radius 1 is 0.795 bits per heavy atom. The molecule has 0 aliphatic heterocycles. The van der Waals surface area contributed by atoms with Crippen molar-refractivity contribution in [3.05, 3.63) is 71.9 Å². The molecule has 0 aliphatic carbocycles. The third-order valence-corrected chi connectivity index (χ3v) is 6.26. The fourth-order valence-corrected chi connectivity index (χ4v) is 4.21. The van der Waals surface area contributed by atoms with E-state index in [4.69, 9.17) is 23.7 Å². The number of nitrogens with one attached hydrogen (secondary N) is 3. The van der Waals surface area contributed by atoms with Gasteiger partial charge in [0, 0.05) is 36.9 Å². The molecule has 1 unspecified atom stereocenters. The molecule has 0 bridgehead atoms. The average molecular weight is 612 g/mol. The number of benzene rings is 2. The van der Waals surface area contributed by atoms with E-state index in [9.17, 15) is 24.0 Å². The molecule has 2 amide bonds. The van der Waals surface area contributed by atoms with Gasteiger partial charge in [-0.25, -0.2) is 19.2 Å². The van der Waals surface area contributed by atoms with Gasteiger partial charge in [-0.05, 0) is 37.5 Å². The number of aromatic amines is 1. The second-order valence-electron chi connectivity index (χ2n) is 9.54. The number of ether oxygens (including phenoxy) is 5. The maximum Gasteiger partial charge on any atom is 0.511 e. The minimum absolute atomic E-state index is 0.0152. The summed E-state index contributed by atoms with van der Waals surface area (Å²) < 4.78 is 25.1. The highest BCUT2D eigenvalue weighted by Crippen LogP contribution is 2.20. The van der Waals surface area contributed by atoms with Crippen molar-refractivity contribution in [2.75, 3.05) is 13.2 Å². The first kappa shape index (κ1) is 33.4. The summed E-state index contributed by atoms with van der Waals surface area (Å²) in [7, 11) is 0. The predicted octanol–water partition coefficient (Wildman–Crippen LogP) is 3.90. The highest BCUT2D eigenvalue weighted by atomic mass is 16.8. The van der Waals surface area contributed by atoms with E-state index >= 15 is 0 Å². The summed E-state index contributed by atoms with van der Waals surface area (Å²) in [4.78, 5) is 65.9. The lowest BCUT2D eigenvalue weighted by molar-refractivity contribution is -0.171. The Bertz CT molecular complexity index is 1410. The molecule has 0 radical (unpaired) electrons. The minimum Gasteiger partial charge on any atom is -0.464 e. The molecule has 3 atom stereocenters. The van der Waals surface area contributed by atoms with Crippen LogP contribution >= 0.6 is 0 Å². The Morgan fingerprint density at radius 3 is 2.23 bits per heavy atom. The van der Waals surface area contributed by atoms with Crippen molar-refractivity contribution >= 4 is 41.0 Å². The van der Waals surface area contributed by atoms with Gasteiger partial charge >= 0.3 is 24.2 Å². The standard InChI is InChI=1S/C31H37N3O10/c1-4-40-28(36)25(34-30(38)42-19-21-11-7-6-8-12-21)15-16-27(35)33-26(29(37)43-20(3)44-31(39)41-5-2)17-22-18-32-24-14-10-9-13-23(22)24/h6-14,18,20,25-26,32H,4-5,15-17,19H2,1-3H3,(H,33,35)(H,34,38)/t20?,25-,26-/m1/s1. The zero-order chi connectivity index (χ0) is 31.9. The van der Waals surface area contributed by atoms with Gasteiger partial charge in [-0.15, -0.1) is 0 Å². The highest BCUT2D eigenvalue weighted by molar-refractivity contribution is 5.88. The summed E-state index contributed by atoms with van der Waals surface area (Å²) in [5.74, 6) is -2.19. The Hall–Kier alpha value is -5.07. The Kier molecular flexibility index (Phi) is 13.0. The van der Waals surface area contributed by atoms with E-state index in [1.807, 2.05) is 30.3 Å². The molecule has 44 heavy (non-hydrogen) atoms. The number of esters is 2. The molecule has 1 heterocycles. The first-order chi connectivity index (χ1) is 21.2. The van der Waals surface area contributed by atoms with Gasteiger partial charge in [0.2, 0.25) is 12.2 Å². The number of hydrogen-bond acceptors (Lipinski definition) is 10. The van der Waals surface area contributed by atoms with E-state index in [0.29, 0.717) is 0 Å². The van der Waals surface area contributed by atoms with Crippen LogP contribution in [0.4, 0.5) is 9.59 Å². The topological polar surface area (TPSA) is 171 Å². The van der Waals surface area contributed by atoms with Crippen LogP contribution < -0.4 is 10.6 Å². The fourth-order valence-electron chi connectivity index (χ4n) is 4.21. The summed E-state index contributed by atoms with van der Waals surface area (Å²) in [6.07, 6.45) is -1.78. The molecule has 0 saturated heterocycles. The number of carbonyl (C=O) groups excluding carboxylic acids is 5. The zero-order valence-corrected chi connectivity index (χ0v) is 24.8. The van der Waals surface area contributed by atoms with Crippen LogP contribution in [0, 0.1) is 0 Å². The number of fused-ring (bicyclic) bond motifs is 1. The highest BCUT2D eigenvalue weighted by Gasteiger charge is 2.29. The summed E-state index contributed by atoms with van der Waals surface area (Å²) >= 11 is 0. The molecule has 0 spiro atoms. The summed E-state index contributed by atoms with van der Waals surface area (Å²) in [6, 6.07) is 14.1. The van der Waals surface area contributed by atoms with Crippen LogP contribution in [0.2, 0.25) is 0 Å². The van der Waals surface area contributed by atoms with Crippen LogP contribution in [-0.2, 0) is 51.1 Å². The van der Waals surface area contributed by atoms with E-state index in [-0.39, 0.29) is 39.1 Å². The van der Waals surface area contributed by atoms with Gasteiger partial charge in [-0.2, -0.15) is 0 Å². The Labute approximate surface area is 254 Å². The molecule has 3 aromatic rings. The van der Waals surface area contributed by atoms with Crippen molar-refractivity contribution in [2.45, 2.75) is 65.0 Å². The van der Waals surface area contributed by atoms with Gasteiger partial charge in [-0.1, -0.05) is 48.5 Å². The van der Waals surface area contributed by atoms with Crippen LogP contribution in [0.1, 0.15) is 44.7 Å². The van der Waals surface area contributed by atoms with Crippen molar-refractivity contribution in [1.82, 2.24) is 15.6 Å². The largest absolute Gasteiger partial charge is 0.511 e. The van der Waals surface area contributed by atoms with Gasteiger partial charge in [0.1, 0.15) is 18.7 Å². The summed E-state index contributed by atoms with van der Waals surface area (Å²) in [5.41, 5.74) is 2.32. The predicted molar refractivity (Wildman–Crippen MR) is 157 cm³/mol. The van der Waals surface area contributed by atoms with Gasteiger partial charge in [0.15, 0.2) is 0 Å². The zero-order valence-electron chi connectivity index (χ0n) is 24.8. The van der Waals surface area contributed by atoms with Gasteiger partial charge in [0.05, 0.1) is 13.2 Å². The van der Waals surface area contributed by atoms with Crippen LogP contribution in [-0.4, -0.2) is 66.7 Å². The molecule has 3 N–H and O–H groups in total. The van der Waals surface area contributed by atoms with Crippen molar-refractivity contribution in [3.8, 4) is 0 Å². The maximum atomic E-state index is 13.1. The average Bonchev–Trinajstić information content (AvgIpc) is 3.41. The monoisotopic (exact) mass is 611 g/mol. The molecule has 0 aliphatic rings. The van der Waals surface area contributed by atoms with Crippen molar-refractivity contribution in [2.24, 2.45) is 0 Å². The smallest absolute Gasteiger partial charge is 0.464 e. The number of amides is 2. The molecule has 3 rings (SSSR count). The molecule has 13 nitrogen and oxygen atoms in total. The lowest BCUT2D eigenvalue weighted by Crippen LogP contribution is -2.46. The second-order valence-corrected chi connectivity index (χ2v) is 9.54. The number of alkyl carbamates (subject to hydrolysis) is 1. The molecule has 1 aromatic heterocycles. The number of H-pyrrole nitrogens is 1. The van der Waals surface area contributed by atoms with Crippen LogP contribution in [0.25, 0.3) is 10.9 Å². The summed E-state index contributed by atoms with van der Waals surface area (Å²) in [5, 5.41) is 5.92. The van der Waals surface area contributed by atoms with E-state index in [1.54, 1.807) is 44.3 Å². The van der Waals surface area contributed by atoms with Crippen LogP contribution in [0.15, 0.2) is 60.8 Å². The lowest BCUT2D eigenvalue weighted by atomic mass is 10.0. The maximum absolute atomic E-state index is 13.1. The number of para-hydroxylation sites is 1. The number of rotatable bonds is 15. The van der Waals surface area contributed by atoms with E-state index in [1.165, 1.54) is 6.92 Å². The van der Waals surface area contributed by atoms with E-state index in [2.05, 4.69) is 15.6 Å². The summed E-state index contributed by atoms with van der Waals surface area (Å²) in [6.45, 7) is 4.67. The molecule has 0 fully saturated rings. The van der Waals surface area contributed by atoms with Gasteiger partial charge in [0.25, 0.3) is 0 Å². The SMILES string of the molecule is CCOC(=O)OC(C)OC(=O)[C@@H](Cc1c[nH]c2ccccc12)NC(=O)CC[C@@H](NC(=O)OCc1ccccc1)C(=O)OCC. The lowest BCUT2D eigenvalue weighted by Gasteiger charge is -2.21. The number of carbonyl (C=O) groups is 5. The van der Waals surface area contributed by atoms with E-state index in [0.717, 1.165) is 22.0 Å². The molecule has 0 saturated carbocycles. The number of hydrogen-bond donors (Lipinski definition) is 3. The number of aromatic nitrogens is 1. The molecular weight excluding hydrogens is 574 g/mol. The first-order valence-electron chi connectivity index (χ1n) is 14.2. The van der Waals surface area contributed by atoms with Crippen molar-refractivity contribution < 1.29 is 47.7 Å². The molecule has 236 valence electrons. The Balaban J connectivity index is 1.66. The quantitative estimate of drug-likeness (QED) is 0.130. The van der Waals surface area contributed by atoms with Crippen molar-refractivity contribution in [3.63, 3.8) is 0 Å². The Morgan fingerprint density at radius 2 is 1.50 bits per heavy atom. The second kappa shape index (κ2) is 17.1. The molecule has 13 heteroatoms. The normalized spacial score (nSPS) is 12.7. The van der Waals surface area contributed by atoms with Crippen LogP contribution in [0.3, 0.4) is 0 Å². The first-order valence-corrected chi connectivity index (χ1v) is 14.2. The van der Waals surface area contributed by atoms with Crippen molar-refractivity contribution in [1.29, 1.82) is 0 Å².